The molecule has 1 amide bonds. The van der Waals surface area contributed by atoms with Crippen LogP contribution in [0.15, 0.2) is 24.3 Å². The maximum absolute atomic E-state index is 12.4. The zero-order valence-electron chi connectivity index (χ0n) is 14.2. The number of likely N-dealkylation sites (N-methyl/N-ethyl adjacent to an activating group) is 1. The molecule has 0 radical (unpaired) electrons. The molecule has 0 saturated heterocycles. The first-order valence-electron chi connectivity index (χ1n) is 8.09. The number of amides is 1. The number of carbonyl (C=O) groups is 1. The predicted molar refractivity (Wildman–Crippen MR) is 88.2 cm³/mol. The van der Waals surface area contributed by atoms with E-state index in [0.717, 1.165) is 0 Å². The van der Waals surface area contributed by atoms with Crippen LogP contribution in [0.1, 0.15) is 32.3 Å². The average Bonchev–Trinajstić information content (AvgIpc) is 3.38. The molecule has 24 heavy (non-hydrogen) atoms. The molecule has 1 fully saturated rings. The van der Waals surface area contributed by atoms with Gasteiger partial charge in [-0.2, -0.15) is 8.78 Å². The van der Waals surface area contributed by atoms with Crippen molar-refractivity contribution in [2.24, 2.45) is 5.92 Å². The molecule has 0 aliphatic heterocycles. The lowest BCUT2D eigenvalue weighted by atomic mass is 10.1. The van der Waals surface area contributed by atoms with Gasteiger partial charge in [0.2, 0.25) is 5.91 Å². The second-order valence-corrected chi connectivity index (χ2v) is 5.88. The van der Waals surface area contributed by atoms with Crippen LogP contribution in [0.5, 0.6) is 11.5 Å². The fourth-order valence-electron chi connectivity index (χ4n) is 2.47. The molecule has 1 aromatic carbocycles. The number of nitrogens with zero attached hydrogens (tertiary/aromatic N) is 1. The predicted octanol–water partition coefficient (Wildman–Crippen LogP) is 3.96. The molecular weight excluding hydrogens is 316 g/mol. The average molecular weight is 339 g/mol. The number of benzene rings is 1. The van der Waals surface area contributed by atoms with E-state index in [4.69, 9.17) is 4.74 Å². The lowest BCUT2D eigenvalue weighted by Gasteiger charge is -2.23. The van der Waals surface area contributed by atoms with Gasteiger partial charge in [0.05, 0.1) is 6.61 Å². The molecule has 2 rings (SSSR count). The van der Waals surface area contributed by atoms with Crippen LogP contribution in [-0.2, 0) is 4.79 Å². The summed E-state index contributed by atoms with van der Waals surface area (Å²) in [6.45, 7) is 1.22. The maximum atomic E-state index is 12.4. The molecule has 1 saturated carbocycles. The summed E-state index contributed by atoms with van der Waals surface area (Å²) < 4.78 is 34.5. The summed E-state index contributed by atoms with van der Waals surface area (Å²) >= 11 is 0. The summed E-state index contributed by atoms with van der Waals surface area (Å²) in [5.41, 5.74) is 0.681. The van der Waals surface area contributed by atoms with Gasteiger partial charge in [-0.25, -0.2) is 0 Å². The summed E-state index contributed by atoms with van der Waals surface area (Å²) in [4.78, 5) is 13.9. The quantitative estimate of drug-likeness (QED) is 0.673. The Kier molecular flexibility index (Phi) is 6.17. The van der Waals surface area contributed by atoms with Crippen molar-refractivity contribution in [3.8, 4) is 11.5 Å². The minimum absolute atomic E-state index is 0.0187. The lowest BCUT2D eigenvalue weighted by molar-refractivity contribution is -0.126. The Balaban J connectivity index is 2.07. The molecule has 1 aliphatic carbocycles. The van der Waals surface area contributed by atoms with E-state index in [2.05, 4.69) is 4.74 Å². The van der Waals surface area contributed by atoms with Crippen molar-refractivity contribution in [1.29, 1.82) is 0 Å². The van der Waals surface area contributed by atoms with Gasteiger partial charge in [-0.1, -0.05) is 6.07 Å². The summed E-state index contributed by atoms with van der Waals surface area (Å²) in [7, 11) is 1.79. The zero-order valence-corrected chi connectivity index (χ0v) is 14.2. The summed E-state index contributed by atoms with van der Waals surface area (Å²) in [5.74, 6) is 0.727. The number of halogens is 2. The molecule has 1 unspecified atom stereocenters. The molecule has 0 heterocycles. The molecule has 132 valence electrons. The highest BCUT2D eigenvalue weighted by Gasteiger charge is 2.31. The van der Waals surface area contributed by atoms with Crippen LogP contribution < -0.4 is 9.47 Å². The first-order chi connectivity index (χ1) is 11.4. The third-order valence-corrected chi connectivity index (χ3v) is 4.16. The van der Waals surface area contributed by atoms with Crippen molar-refractivity contribution in [3.63, 3.8) is 0 Å². The molecule has 6 heteroatoms. The molecule has 1 aromatic rings. The molecular formula is C18H23F2NO3. The topological polar surface area (TPSA) is 38.8 Å². The van der Waals surface area contributed by atoms with Crippen LogP contribution in [0, 0.1) is 5.92 Å². The highest BCUT2D eigenvalue weighted by Crippen LogP contribution is 2.35. The standard InChI is InChI=1S/C18H23F2NO3/c1-4-23-16-11-13(5-9-15(16)24-18(19)20)6-10-17(22)21(3)12(2)14-7-8-14/h5-6,9-12,14,18H,4,7-8H2,1-3H3/b10-6+. The number of alkyl halides is 2. The van der Waals surface area contributed by atoms with Gasteiger partial charge in [0.15, 0.2) is 11.5 Å². The molecule has 1 atom stereocenters. The number of rotatable bonds is 8. The second-order valence-electron chi connectivity index (χ2n) is 5.88. The fourth-order valence-corrected chi connectivity index (χ4v) is 2.47. The Labute approximate surface area is 141 Å². The SMILES string of the molecule is CCOc1cc(/C=C/C(=O)N(C)C(C)C2CC2)ccc1OC(F)F. The van der Waals surface area contributed by atoms with Crippen molar-refractivity contribution >= 4 is 12.0 Å². The van der Waals surface area contributed by atoms with Crippen LogP contribution >= 0.6 is 0 Å². The summed E-state index contributed by atoms with van der Waals surface area (Å²) in [6, 6.07) is 4.82. The monoisotopic (exact) mass is 339 g/mol. The Morgan fingerprint density at radius 2 is 2.08 bits per heavy atom. The van der Waals surface area contributed by atoms with Crippen molar-refractivity contribution in [2.45, 2.75) is 39.3 Å². The van der Waals surface area contributed by atoms with Crippen molar-refractivity contribution in [2.75, 3.05) is 13.7 Å². The van der Waals surface area contributed by atoms with Gasteiger partial charge in [-0.15, -0.1) is 0 Å². The van der Waals surface area contributed by atoms with E-state index in [1.54, 1.807) is 37.1 Å². The molecule has 0 N–H and O–H groups in total. The number of ether oxygens (including phenoxy) is 2. The molecule has 0 aromatic heterocycles. The summed E-state index contributed by atoms with van der Waals surface area (Å²) in [6.07, 6.45) is 5.47. The van der Waals surface area contributed by atoms with Gasteiger partial charge in [0.25, 0.3) is 0 Å². The first-order valence-corrected chi connectivity index (χ1v) is 8.09. The van der Waals surface area contributed by atoms with Crippen LogP contribution in [0.25, 0.3) is 6.08 Å². The second kappa shape index (κ2) is 8.13. The van der Waals surface area contributed by atoms with Gasteiger partial charge in [0.1, 0.15) is 0 Å². The molecule has 1 aliphatic rings. The van der Waals surface area contributed by atoms with E-state index in [-0.39, 0.29) is 23.4 Å². The van der Waals surface area contributed by atoms with E-state index in [1.165, 1.54) is 25.0 Å². The smallest absolute Gasteiger partial charge is 0.387 e. The Morgan fingerprint density at radius 1 is 1.38 bits per heavy atom. The largest absolute Gasteiger partial charge is 0.490 e. The highest BCUT2D eigenvalue weighted by molar-refractivity contribution is 5.91. The van der Waals surface area contributed by atoms with Crippen LogP contribution in [0.2, 0.25) is 0 Å². The van der Waals surface area contributed by atoms with Gasteiger partial charge in [0, 0.05) is 19.2 Å². The lowest BCUT2D eigenvalue weighted by Crippen LogP contribution is -2.35. The van der Waals surface area contributed by atoms with Gasteiger partial charge < -0.3 is 14.4 Å². The third kappa shape index (κ3) is 4.94. The third-order valence-electron chi connectivity index (χ3n) is 4.16. The van der Waals surface area contributed by atoms with E-state index in [9.17, 15) is 13.6 Å². The Bertz CT molecular complexity index is 600. The van der Waals surface area contributed by atoms with E-state index in [1.807, 2.05) is 6.92 Å². The van der Waals surface area contributed by atoms with E-state index >= 15 is 0 Å². The van der Waals surface area contributed by atoms with Crippen molar-refractivity contribution in [3.05, 3.63) is 29.8 Å². The van der Waals surface area contributed by atoms with Crippen LogP contribution in [-0.4, -0.2) is 37.1 Å². The summed E-state index contributed by atoms with van der Waals surface area (Å²) in [5, 5.41) is 0. The first kappa shape index (κ1) is 18.2. The molecule has 0 bridgehead atoms. The minimum Gasteiger partial charge on any atom is -0.490 e. The number of hydrogen-bond acceptors (Lipinski definition) is 3. The van der Waals surface area contributed by atoms with Crippen molar-refractivity contribution < 1.29 is 23.0 Å². The van der Waals surface area contributed by atoms with Gasteiger partial charge >= 0.3 is 6.61 Å². The van der Waals surface area contributed by atoms with Crippen LogP contribution in [0.4, 0.5) is 8.78 Å². The maximum Gasteiger partial charge on any atom is 0.387 e. The zero-order chi connectivity index (χ0) is 17.7. The fraction of sp³-hybridized carbons (Fsp3) is 0.500. The normalized spacial score (nSPS) is 15.6. The number of carbonyl (C=O) groups excluding carboxylic acids is 1. The van der Waals surface area contributed by atoms with Gasteiger partial charge in [-0.3, -0.25) is 4.79 Å². The van der Waals surface area contributed by atoms with E-state index in [0.29, 0.717) is 18.1 Å². The highest BCUT2D eigenvalue weighted by atomic mass is 19.3. The number of hydrogen-bond donors (Lipinski definition) is 0. The molecule has 0 spiro atoms. The minimum atomic E-state index is -2.91. The van der Waals surface area contributed by atoms with Gasteiger partial charge in [-0.05, 0) is 56.4 Å². The molecule has 4 nitrogen and oxygen atoms in total. The van der Waals surface area contributed by atoms with Crippen molar-refractivity contribution in [1.82, 2.24) is 4.90 Å². The van der Waals surface area contributed by atoms with Crippen LogP contribution in [0.3, 0.4) is 0 Å². The van der Waals surface area contributed by atoms with E-state index < -0.39 is 6.61 Å². The Hall–Kier alpha value is -2.11. The Morgan fingerprint density at radius 3 is 2.67 bits per heavy atom.